The molecule has 140 valence electrons. The van der Waals surface area contributed by atoms with E-state index in [4.69, 9.17) is 4.74 Å². The van der Waals surface area contributed by atoms with Crippen LogP contribution in [0.3, 0.4) is 0 Å². The van der Waals surface area contributed by atoms with Gasteiger partial charge in [0.05, 0.1) is 6.61 Å². The first-order valence-electron chi connectivity index (χ1n) is 9.24. The van der Waals surface area contributed by atoms with E-state index in [2.05, 4.69) is 5.32 Å². The number of thiophene rings is 2. The van der Waals surface area contributed by atoms with Crippen LogP contribution in [0, 0.1) is 12.8 Å². The molecule has 26 heavy (non-hydrogen) atoms. The Hall–Kier alpha value is -1.66. The van der Waals surface area contributed by atoms with Crippen molar-refractivity contribution < 1.29 is 14.3 Å². The molecule has 1 fully saturated rings. The van der Waals surface area contributed by atoms with Crippen LogP contribution in [0.1, 0.15) is 60.7 Å². The smallest absolute Gasteiger partial charge is 0.341 e. The summed E-state index contributed by atoms with van der Waals surface area (Å²) in [6.45, 7) is 4.09. The molecule has 1 N–H and O–H groups in total. The van der Waals surface area contributed by atoms with Crippen LogP contribution >= 0.6 is 22.7 Å². The largest absolute Gasteiger partial charge is 0.462 e. The summed E-state index contributed by atoms with van der Waals surface area (Å²) in [7, 11) is 0. The van der Waals surface area contributed by atoms with Crippen molar-refractivity contribution >= 4 is 39.6 Å². The first-order valence-corrected chi connectivity index (χ1v) is 10.9. The van der Waals surface area contributed by atoms with Gasteiger partial charge in [-0.15, -0.1) is 22.7 Å². The van der Waals surface area contributed by atoms with Crippen LogP contribution < -0.4 is 5.32 Å². The van der Waals surface area contributed by atoms with Gasteiger partial charge in [0, 0.05) is 21.7 Å². The summed E-state index contributed by atoms with van der Waals surface area (Å²) in [6.07, 6.45) is 6.50. The molecule has 2 heterocycles. The molecule has 0 bridgehead atoms. The van der Waals surface area contributed by atoms with Crippen molar-refractivity contribution in [2.24, 2.45) is 5.92 Å². The Morgan fingerprint density at radius 1 is 1.27 bits per heavy atom. The number of hydrogen-bond donors (Lipinski definition) is 1. The molecule has 3 rings (SSSR count). The molecular formula is C20H25NO3S2. The summed E-state index contributed by atoms with van der Waals surface area (Å²) < 4.78 is 5.27. The minimum absolute atomic E-state index is 0.00132. The molecular weight excluding hydrogens is 366 g/mol. The van der Waals surface area contributed by atoms with Crippen LogP contribution in [0.5, 0.6) is 0 Å². The third-order valence-electron chi connectivity index (χ3n) is 4.78. The molecule has 0 aromatic carbocycles. The lowest BCUT2D eigenvalue weighted by Gasteiger charge is -2.20. The van der Waals surface area contributed by atoms with Crippen molar-refractivity contribution in [3.63, 3.8) is 0 Å². The van der Waals surface area contributed by atoms with Gasteiger partial charge in [-0.3, -0.25) is 4.79 Å². The highest BCUT2D eigenvalue weighted by Crippen LogP contribution is 2.42. The van der Waals surface area contributed by atoms with E-state index in [0.717, 1.165) is 28.2 Å². The van der Waals surface area contributed by atoms with Crippen LogP contribution in [0.2, 0.25) is 0 Å². The van der Waals surface area contributed by atoms with Crippen molar-refractivity contribution in [2.45, 2.75) is 52.4 Å². The second kappa shape index (κ2) is 8.82. The highest BCUT2D eigenvalue weighted by molar-refractivity contribution is 7.18. The van der Waals surface area contributed by atoms with Crippen molar-refractivity contribution in [2.75, 3.05) is 11.9 Å². The van der Waals surface area contributed by atoms with Gasteiger partial charge in [-0.05, 0) is 44.1 Å². The lowest BCUT2D eigenvalue weighted by molar-refractivity contribution is -0.117. The molecule has 0 radical (unpaired) electrons. The second-order valence-corrected chi connectivity index (χ2v) is 8.86. The van der Waals surface area contributed by atoms with Crippen LogP contribution in [0.25, 0.3) is 10.4 Å². The molecule has 6 heteroatoms. The van der Waals surface area contributed by atoms with Gasteiger partial charge in [0.15, 0.2) is 0 Å². The van der Waals surface area contributed by atoms with Gasteiger partial charge in [0.1, 0.15) is 10.6 Å². The minimum Gasteiger partial charge on any atom is -0.462 e. The highest BCUT2D eigenvalue weighted by atomic mass is 32.1. The lowest BCUT2D eigenvalue weighted by atomic mass is 9.87. The van der Waals surface area contributed by atoms with E-state index in [1.807, 2.05) is 24.4 Å². The Bertz CT molecular complexity index is 758. The van der Waals surface area contributed by atoms with E-state index < -0.39 is 0 Å². The molecule has 1 aliphatic rings. The summed E-state index contributed by atoms with van der Waals surface area (Å²) in [4.78, 5) is 27.2. The quantitative estimate of drug-likeness (QED) is 0.627. The molecule has 0 aliphatic heterocycles. The molecule has 1 aliphatic carbocycles. The number of ether oxygens (including phenoxy) is 1. The van der Waals surface area contributed by atoms with Gasteiger partial charge in [-0.1, -0.05) is 25.3 Å². The monoisotopic (exact) mass is 391 g/mol. The topological polar surface area (TPSA) is 55.4 Å². The van der Waals surface area contributed by atoms with E-state index >= 15 is 0 Å². The first-order chi connectivity index (χ1) is 12.6. The summed E-state index contributed by atoms with van der Waals surface area (Å²) >= 11 is 3.04. The maximum atomic E-state index is 12.6. The lowest BCUT2D eigenvalue weighted by Crippen LogP contribution is -2.19. The van der Waals surface area contributed by atoms with Crippen molar-refractivity contribution in [3.8, 4) is 10.4 Å². The fourth-order valence-electron chi connectivity index (χ4n) is 3.58. The Labute approximate surface area is 162 Å². The molecule has 0 unspecified atom stereocenters. The van der Waals surface area contributed by atoms with E-state index in [9.17, 15) is 9.59 Å². The number of anilines is 1. The summed E-state index contributed by atoms with van der Waals surface area (Å²) in [5.41, 5.74) is 1.38. The van der Waals surface area contributed by atoms with E-state index in [1.54, 1.807) is 18.3 Å². The number of carbonyl (C=O) groups is 2. The number of aryl methyl sites for hydroxylation is 1. The third-order valence-corrected chi connectivity index (χ3v) is 6.69. The Morgan fingerprint density at radius 3 is 2.69 bits per heavy atom. The average Bonchev–Trinajstić information content (AvgIpc) is 3.23. The fourth-order valence-corrected chi connectivity index (χ4v) is 5.55. The van der Waals surface area contributed by atoms with Gasteiger partial charge in [0.2, 0.25) is 5.91 Å². The summed E-state index contributed by atoms with van der Waals surface area (Å²) in [5.74, 6) is 0.0993. The summed E-state index contributed by atoms with van der Waals surface area (Å²) in [5, 5.41) is 5.61. The zero-order chi connectivity index (χ0) is 18.5. The number of carbonyl (C=O) groups excluding carboxylic acids is 2. The number of rotatable bonds is 6. The van der Waals surface area contributed by atoms with E-state index in [1.165, 1.54) is 30.6 Å². The van der Waals surface area contributed by atoms with E-state index in [0.29, 0.717) is 29.5 Å². The van der Waals surface area contributed by atoms with Crippen LogP contribution in [-0.4, -0.2) is 18.5 Å². The number of hydrogen-bond acceptors (Lipinski definition) is 5. The zero-order valence-electron chi connectivity index (χ0n) is 15.3. The van der Waals surface area contributed by atoms with Crippen molar-refractivity contribution in [1.29, 1.82) is 0 Å². The maximum Gasteiger partial charge on any atom is 0.341 e. The molecule has 2 aromatic rings. The maximum absolute atomic E-state index is 12.6. The highest BCUT2D eigenvalue weighted by Gasteiger charge is 2.26. The molecule has 4 nitrogen and oxygen atoms in total. The van der Waals surface area contributed by atoms with Gasteiger partial charge >= 0.3 is 5.97 Å². The molecule has 1 saturated carbocycles. The number of esters is 1. The Morgan fingerprint density at radius 2 is 2.04 bits per heavy atom. The second-order valence-electron chi connectivity index (χ2n) is 6.69. The number of nitrogens with one attached hydrogen (secondary N) is 1. The molecule has 0 atom stereocenters. The summed E-state index contributed by atoms with van der Waals surface area (Å²) in [6, 6.07) is 3.96. The average molecular weight is 392 g/mol. The van der Waals surface area contributed by atoms with Crippen LogP contribution in [0.15, 0.2) is 17.5 Å². The Kier molecular flexibility index (Phi) is 6.48. The third kappa shape index (κ3) is 4.35. The van der Waals surface area contributed by atoms with Crippen molar-refractivity contribution in [1.82, 2.24) is 0 Å². The predicted octanol–water partition coefficient (Wildman–Crippen LogP) is 5.87. The minimum atomic E-state index is -0.367. The molecule has 0 saturated heterocycles. The van der Waals surface area contributed by atoms with Crippen molar-refractivity contribution in [3.05, 3.63) is 28.0 Å². The van der Waals surface area contributed by atoms with Gasteiger partial charge < -0.3 is 10.1 Å². The molecule has 2 aromatic heterocycles. The first kappa shape index (κ1) is 19.1. The van der Waals surface area contributed by atoms with Gasteiger partial charge in [-0.25, -0.2) is 4.79 Å². The van der Waals surface area contributed by atoms with Crippen LogP contribution in [0.4, 0.5) is 5.00 Å². The SMILES string of the molecule is CCOC(=O)c1c(NC(=O)CC2CCCCC2)sc(C)c1-c1cccs1. The van der Waals surface area contributed by atoms with Gasteiger partial charge in [-0.2, -0.15) is 0 Å². The Balaban J connectivity index is 1.85. The fraction of sp³-hybridized carbons (Fsp3) is 0.500. The normalized spacial score (nSPS) is 15.0. The standard InChI is InChI=1S/C20H25NO3S2/c1-3-24-20(23)18-17(15-10-7-11-25-15)13(2)26-19(18)21-16(22)12-14-8-5-4-6-9-14/h7,10-11,14H,3-6,8-9,12H2,1-2H3,(H,21,22). The van der Waals surface area contributed by atoms with E-state index in [-0.39, 0.29) is 11.9 Å². The zero-order valence-corrected chi connectivity index (χ0v) is 16.9. The number of amides is 1. The van der Waals surface area contributed by atoms with Crippen LogP contribution in [-0.2, 0) is 9.53 Å². The molecule has 1 amide bonds. The van der Waals surface area contributed by atoms with Gasteiger partial charge in [0.25, 0.3) is 0 Å². The predicted molar refractivity (Wildman–Crippen MR) is 108 cm³/mol. The molecule has 0 spiro atoms.